The lowest BCUT2D eigenvalue weighted by Crippen LogP contribution is -2.52. The molecule has 2 aromatic rings. The van der Waals surface area contributed by atoms with Crippen LogP contribution in [0.4, 0.5) is 4.79 Å². The van der Waals surface area contributed by atoms with Crippen LogP contribution in [0.5, 0.6) is 0 Å². The zero-order valence-electron chi connectivity index (χ0n) is 13.9. The summed E-state index contributed by atoms with van der Waals surface area (Å²) in [6.45, 7) is 3.05. The Morgan fingerprint density at radius 3 is 2.56 bits per heavy atom. The van der Waals surface area contributed by atoms with E-state index in [1.165, 1.54) is 0 Å². The van der Waals surface area contributed by atoms with Gasteiger partial charge in [0, 0.05) is 43.3 Å². The molecule has 4 rings (SSSR count). The number of para-hydroxylation sites is 1. The number of H-pyrrole nitrogens is 1. The number of aromatic nitrogens is 1. The fourth-order valence-corrected chi connectivity index (χ4v) is 3.19. The summed E-state index contributed by atoms with van der Waals surface area (Å²) >= 11 is 0. The molecular weight excluding hydrogens is 322 g/mol. The first kappa shape index (κ1) is 16.0. The summed E-state index contributed by atoms with van der Waals surface area (Å²) in [5, 5.41) is 1.08. The first-order chi connectivity index (χ1) is 12.2. The predicted octanol–water partition coefficient (Wildman–Crippen LogP) is 1.39. The van der Waals surface area contributed by atoms with E-state index >= 15 is 0 Å². The van der Waals surface area contributed by atoms with Crippen molar-refractivity contribution in [2.45, 2.75) is 12.5 Å². The van der Waals surface area contributed by atoms with Crippen LogP contribution in [0.25, 0.3) is 10.9 Å². The van der Waals surface area contributed by atoms with Crippen LogP contribution in [0.15, 0.2) is 30.5 Å². The first-order valence-electron chi connectivity index (χ1n) is 8.57. The van der Waals surface area contributed by atoms with Gasteiger partial charge < -0.3 is 24.3 Å². The molecule has 1 aromatic carbocycles. The highest BCUT2D eigenvalue weighted by Crippen LogP contribution is 2.19. The van der Waals surface area contributed by atoms with Crippen molar-refractivity contribution in [1.82, 2.24) is 14.8 Å². The fourth-order valence-electron chi connectivity index (χ4n) is 3.19. The minimum absolute atomic E-state index is 0.0881. The molecule has 0 radical (unpaired) electrons. The third-order valence-electron chi connectivity index (χ3n) is 4.78. The maximum Gasteiger partial charge on any atom is 0.410 e. The molecule has 1 N–H and O–H groups in total. The zero-order chi connectivity index (χ0) is 17.2. The molecule has 2 amide bonds. The highest BCUT2D eigenvalue weighted by Gasteiger charge is 2.29. The van der Waals surface area contributed by atoms with E-state index in [1.54, 1.807) is 4.90 Å². The second-order valence-corrected chi connectivity index (χ2v) is 6.45. The highest BCUT2D eigenvalue weighted by molar-refractivity contribution is 5.89. The van der Waals surface area contributed by atoms with Crippen LogP contribution in [0.2, 0.25) is 0 Å². The number of hydrogen-bond acceptors (Lipinski definition) is 4. The molecule has 7 heteroatoms. The van der Waals surface area contributed by atoms with E-state index in [1.807, 2.05) is 35.4 Å². The number of aromatic amines is 1. The number of hydrogen-bond donors (Lipinski definition) is 1. The van der Waals surface area contributed by atoms with Crippen LogP contribution >= 0.6 is 0 Å². The molecule has 132 valence electrons. The molecule has 1 aromatic heterocycles. The summed E-state index contributed by atoms with van der Waals surface area (Å²) in [6, 6.07) is 7.97. The average Bonchev–Trinajstić information content (AvgIpc) is 3.01. The Kier molecular flexibility index (Phi) is 4.31. The molecule has 3 heterocycles. The number of carbonyl (C=O) groups excluding carboxylic acids is 2. The Morgan fingerprint density at radius 1 is 1.12 bits per heavy atom. The molecule has 0 spiro atoms. The second-order valence-electron chi connectivity index (χ2n) is 6.45. The van der Waals surface area contributed by atoms with Crippen molar-refractivity contribution >= 4 is 22.9 Å². The van der Waals surface area contributed by atoms with E-state index < -0.39 is 0 Å². The topological polar surface area (TPSA) is 74.9 Å². The second kappa shape index (κ2) is 6.76. The van der Waals surface area contributed by atoms with Gasteiger partial charge in [0.25, 0.3) is 0 Å². The van der Waals surface area contributed by atoms with Gasteiger partial charge in [-0.1, -0.05) is 18.2 Å². The van der Waals surface area contributed by atoms with E-state index in [0.717, 1.165) is 16.5 Å². The van der Waals surface area contributed by atoms with Gasteiger partial charge in [-0.25, -0.2) is 4.79 Å². The molecule has 7 nitrogen and oxygen atoms in total. The molecule has 2 fully saturated rings. The van der Waals surface area contributed by atoms with Crippen LogP contribution in [-0.4, -0.2) is 72.3 Å². The maximum absolute atomic E-state index is 12.6. The Labute approximate surface area is 145 Å². The number of piperazine rings is 1. The van der Waals surface area contributed by atoms with E-state index in [-0.39, 0.29) is 18.1 Å². The van der Waals surface area contributed by atoms with Crippen molar-refractivity contribution in [2.24, 2.45) is 0 Å². The van der Waals surface area contributed by atoms with Gasteiger partial charge in [0.15, 0.2) is 6.10 Å². The molecule has 0 aliphatic carbocycles. The average molecular weight is 343 g/mol. The summed E-state index contributed by atoms with van der Waals surface area (Å²) in [5.41, 5.74) is 2.05. The van der Waals surface area contributed by atoms with Crippen LogP contribution in [0, 0.1) is 0 Å². The van der Waals surface area contributed by atoms with Crippen LogP contribution in [-0.2, 0) is 20.7 Å². The van der Waals surface area contributed by atoms with E-state index in [4.69, 9.17) is 9.47 Å². The Hall–Kier alpha value is -2.54. The molecule has 0 bridgehead atoms. The number of benzene rings is 1. The van der Waals surface area contributed by atoms with E-state index in [0.29, 0.717) is 45.8 Å². The summed E-state index contributed by atoms with van der Waals surface area (Å²) < 4.78 is 10.3. The number of nitrogens with one attached hydrogen (secondary N) is 1. The van der Waals surface area contributed by atoms with Crippen molar-refractivity contribution in [2.75, 3.05) is 39.4 Å². The Morgan fingerprint density at radius 2 is 1.84 bits per heavy atom. The fraction of sp³-hybridized carbons (Fsp3) is 0.444. The predicted molar refractivity (Wildman–Crippen MR) is 91.2 cm³/mol. The summed E-state index contributed by atoms with van der Waals surface area (Å²) in [7, 11) is 0. The SMILES string of the molecule is O=C(Cc1c[nH]c2ccccc12)N1CCN(C(=O)OC2COC2)CC1. The molecule has 2 saturated heterocycles. The number of amides is 2. The van der Waals surface area contributed by atoms with Gasteiger partial charge in [-0.3, -0.25) is 4.79 Å². The highest BCUT2D eigenvalue weighted by atomic mass is 16.6. The van der Waals surface area contributed by atoms with Gasteiger partial charge in [-0.05, 0) is 11.6 Å². The summed E-state index contributed by atoms with van der Waals surface area (Å²) in [6.07, 6.45) is 1.84. The molecule has 0 atom stereocenters. The normalized spacial score (nSPS) is 18.2. The quantitative estimate of drug-likeness (QED) is 0.914. The lowest BCUT2D eigenvalue weighted by molar-refractivity contribution is -0.132. The van der Waals surface area contributed by atoms with Crippen molar-refractivity contribution in [3.8, 4) is 0 Å². The Bertz CT molecular complexity index is 775. The number of rotatable bonds is 3. The third kappa shape index (κ3) is 3.32. The van der Waals surface area contributed by atoms with Gasteiger partial charge >= 0.3 is 6.09 Å². The maximum atomic E-state index is 12.6. The van der Waals surface area contributed by atoms with Crippen molar-refractivity contribution in [3.05, 3.63) is 36.0 Å². The largest absolute Gasteiger partial charge is 0.441 e. The lowest BCUT2D eigenvalue weighted by Gasteiger charge is -2.36. The molecule has 2 aliphatic heterocycles. The molecule has 25 heavy (non-hydrogen) atoms. The van der Waals surface area contributed by atoms with E-state index in [9.17, 15) is 9.59 Å². The summed E-state index contributed by atoms with van der Waals surface area (Å²) in [4.78, 5) is 31.3. The number of carbonyl (C=O) groups is 2. The van der Waals surface area contributed by atoms with Crippen LogP contribution in [0.3, 0.4) is 0 Å². The van der Waals surface area contributed by atoms with E-state index in [2.05, 4.69) is 4.98 Å². The monoisotopic (exact) mass is 343 g/mol. The summed E-state index contributed by atoms with van der Waals surface area (Å²) in [5.74, 6) is 0.0881. The molecule has 0 saturated carbocycles. The lowest BCUT2D eigenvalue weighted by atomic mass is 10.1. The van der Waals surface area contributed by atoms with Gasteiger partial charge in [0.05, 0.1) is 19.6 Å². The van der Waals surface area contributed by atoms with Gasteiger partial charge in [0.2, 0.25) is 5.91 Å². The van der Waals surface area contributed by atoms with Gasteiger partial charge in [-0.2, -0.15) is 0 Å². The van der Waals surface area contributed by atoms with Crippen molar-refractivity contribution in [3.63, 3.8) is 0 Å². The van der Waals surface area contributed by atoms with Gasteiger partial charge in [-0.15, -0.1) is 0 Å². The number of ether oxygens (including phenoxy) is 2. The zero-order valence-corrected chi connectivity index (χ0v) is 13.9. The van der Waals surface area contributed by atoms with Crippen LogP contribution in [0.1, 0.15) is 5.56 Å². The first-order valence-corrected chi connectivity index (χ1v) is 8.57. The van der Waals surface area contributed by atoms with Crippen molar-refractivity contribution in [1.29, 1.82) is 0 Å². The molecular formula is C18H21N3O4. The van der Waals surface area contributed by atoms with Gasteiger partial charge in [0.1, 0.15) is 0 Å². The number of nitrogens with zero attached hydrogens (tertiary/aromatic N) is 2. The molecule has 2 aliphatic rings. The minimum Gasteiger partial charge on any atom is -0.441 e. The Balaban J connectivity index is 1.31. The number of fused-ring (bicyclic) bond motifs is 1. The minimum atomic E-state index is -0.308. The van der Waals surface area contributed by atoms with Crippen molar-refractivity contribution < 1.29 is 19.1 Å². The standard InChI is InChI=1S/C18H21N3O4/c22-17(9-13-10-19-16-4-2-1-3-15(13)16)20-5-7-21(8-6-20)18(23)25-14-11-24-12-14/h1-4,10,14,19H,5-9,11-12H2. The molecule has 0 unspecified atom stereocenters. The third-order valence-corrected chi connectivity index (χ3v) is 4.78. The smallest absolute Gasteiger partial charge is 0.410 e. The van der Waals surface area contributed by atoms with Crippen LogP contribution < -0.4 is 0 Å².